The van der Waals surface area contributed by atoms with Gasteiger partial charge in [0, 0.05) is 28.1 Å². The van der Waals surface area contributed by atoms with Crippen LogP contribution in [-0.2, 0) is 19.1 Å². The molecule has 0 aromatic heterocycles. The molecule has 1 atom stereocenters. The molecule has 1 aliphatic carbocycles. The van der Waals surface area contributed by atoms with Crippen LogP contribution in [0.25, 0.3) is 0 Å². The van der Waals surface area contributed by atoms with Gasteiger partial charge in [0.2, 0.25) is 0 Å². The third-order valence-electron chi connectivity index (χ3n) is 5.61. The van der Waals surface area contributed by atoms with Crippen LogP contribution in [0, 0.1) is 0 Å². The van der Waals surface area contributed by atoms with Gasteiger partial charge in [-0.1, -0.05) is 31.0 Å². The summed E-state index contributed by atoms with van der Waals surface area (Å²) in [6.07, 6.45) is 5.10. The lowest BCUT2D eigenvalue weighted by molar-refractivity contribution is -0.142. The molecule has 6 nitrogen and oxygen atoms in total. The van der Waals surface area contributed by atoms with Gasteiger partial charge in [-0.25, -0.2) is 0 Å². The molecule has 1 saturated carbocycles. The number of esters is 1. The average molecular weight is 425 g/mol. The molecule has 30 heavy (non-hydrogen) atoms. The summed E-state index contributed by atoms with van der Waals surface area (Å²) < 4.78 is 4.85. The average Bonchev–Trinajstić information content (AvgIpc) is 3.42. The first-order chi connectivity index (χ1) is 14.6. The molecule has 1 fully saturated rings. The van der Waals surface area contributed by atoms with E-state index in [-0.39, 0.29) is 6.54 Å². The van der Waals surface area contributed by atoms with Crippen LogP contribution < -0.4 is 10.2 Å². The lowest BCUT2D eigenvalue weighted by Crippen LogP contribution is -2.39. The Morgan fingerprint density at radius 3 is 2.43 bits per heavy atom. The molecule has 2 aromatic carbocycles. The first-order valence-electron chi connectivity index (χ1n) is 10.1. The summed E-state index contributed by atoms with van der Waals surface area (Å²) in [4.78, 5) is 40.0. The maximum Gasteiger partial charge on any atom is 0.316 e. The maximum atomic E-state index is 12.8. The number of nitrogens with one attached hydrogen (secondary N) is 1. The van der Waals surface area contributed by atoms with Crippen LogP contribution in [0.4, 0.5) is 11.4 Å². The Morgan fingerprint density at radius 1 is 1.03 bits per heavy atom. The van der Waals surface area contributed by atoms with Gasteiger partial charge in [0.25, 0.3) is 0 Å². The number of benzene rings is 2. The number of thioether (sulfide) groups is 1. The van der Waals surface area contributed by atoms with Gasteiger partial charge in [-0.05, 0) is 48.7 Å². The molecule has 0 spiro atoms. The van der Waals surface area contributed by atoms with E-state index < -0.39 is 23.7 Å². The van der Waals surface area contributed by atoms with Crippen molar-refractivity contribution in [2.24, 2.45) is 0 Å². The topological polar surface area (TPSA) is 75.7 Å². The van der Waals surface area contributed by atoms with Gasteiger partial charge in [0.15, 0.2) is 0 Å². The van der Waals surface area contributed by atoms with Crippen LogP contribution in [0.15, 0.2) is 53.4 Å². The zero-order chi connectivity index (χ0) is 21.1. The SMILES string of the molecule is COC(=O)[C@H]1CN(C(=O)C(=O)Nc2ccc(SC3CCCC3)cc2)c2ccccc21. The quantitative estimate of drug-likeness (QED) is 0.594. The number of methoxy groups -OCH3 is 1. The van der Waals surface area contributed by atoms with E-state index in [0.717, 1.165) is 0 Å². The number of nitrogens with zero attached hydrogens (tertiary/aromatic N) is 1. The van der Waals surface area contributed by atoms with Crippen LogP contribution in [0.1, 0.15) is 37.2 Å². The fraction of sp³-hybridized carbons (Fsp3) is 0.348. The van der Waals surface area contributed by atoms with Crippen molar-refractivity contribution in [3.05, 3.63) is 54.1 Å². The molecule has 156 valence electrons. The van der Waals surface area contributed by atoms with Gasteiger partial charge < -0.3 is 15.0 Å². The molecule has 0 radical (unpaired) electrons. The maximum absolute atomic E-state index is 12.8. The summed E-state index contributed by atoms with van der Waals surface area (Å²) in [5, 5.41) is 3.34. The van der Waals surface area contributed by atoms with E-state index in [9.17, 15) is 14.4 Å². The van der Waals surface area contributed by atoms with E-state index >= 15 is 0 Å². The summed E-state index contributed by atoms with van der Waals surface area (Å²) in [5.41, 5.74) is 1.83. The number of fused-ring (bicyclic) bond motifs is 1. The van der Waals surface area contributed by atoms with Crippen LogP contribution >= 0.6 is 11.8 Å². The van der Waals surface area contributed by atoms with E-state index in [1.165, 1.54) is 42.6 Å². The molecular formula is C23H24N2O4S. The number of anilines is 2. The summed E-state index contributed by atoms with van der Waals surface area (Å²) in [6.45, 7) is 0.0925. The zero-order valence-corrected chi connectivity index (χ0v) is 17.6. The molecule has 1 N–H and O–H groups in total. The largest absolute Gasteiger partial charge is 0.468 e. The van der Waals surface area contributed by atoms with Crippen molar-refractivity contribution >= 4 is 40.9 Å². The summed E-state index contributed by atoms with van der Waals surface area (Å²) in [5.74, 6) is -2.44. The Morgan fingerprint density at radius 2 is 1.73 bits per heavy atom. The molecule has 4 rings (SSSR count). The van der Waals surface area contributed by atoms with Crippen LogP contribution in [0.2, 0.25) is 0 Å². The molecule has 1 aliphatic heterocycles. The third kappa shape index (κ3) is 4.21. The Labute approximate surface area is 180 Å². The number of carbonyl (C=O) groups is 3. The van der Waals surface area contributed by atoms with Gasteiger partial charge in [0.05, 0.1) is 7.11 Å². The minimum absolute atomic E-state index is 0.0925. The molecule has 2 aromatic rings. The van der Waals surface area contributed by atoms with Crippen LogP contribution in [0.5, 0.6) is 0 Å². The predicted molar refractivity (Wildman–Crippen MR) is 117 cm³/mol. The molecule has 0 bridgehead atoms. The van der Waals surface area contributed by atoms with Crippen molar-refractivity contribution in [2.45, 2.75) is 41.7 Å². The molecule has 0 unspecified atom stereocenters. The van der Waals surface area contributed by atoms with Crippen LogP contribution in [-0.4, -0.2) is 36.7 Å². The van der Waals surface area contributed by atoms with Crippen molar-refractivity contribution in [3.63, 3.8) is 0 Å². The number of rotatable bonds is 4. The van der Waals surface area contributed by atoms with Crippen LogP contribution in [0.3, 0.4) is 0 Å². The highest BCUT2D eigenvalue weighted by atomic mass is 32.2. The molecule has 2 amide bonds. The van der Waals surface area contributed by atoms with Crippen molar-refractivity contribution < 1.29 is 19.1 Å². The number of para-hydroxylation sites is 1. The second kappa shape index (κ2) is 8.92. The van der Waals surface area contributed by atoms with Gasteiger partial charge in [0.1, 0.15) is 5.92 Å². The highest BCUT2D eigenvalue weighted by Gasteiger charge is 2.39. The smallest absolute Gasteiger partial charge is 0.316 e. The monoisotopic (exact) mass is 424 g/mol. The number of hydrogen-bond donors (Lipinski definition) is 1. The van der Waals surface area contributed by atoms with Gasteiger partial charge >= 0.3 is 17.8 Å². The highest BCUT2D eigenvalue weighted by Crippen LogP contribution is 2.37. The third-order valence-corrected chi connectivity index (χ3v) is 6.96. The van der Waals surface area contributed by atoms with Crippen molar-refractivity contribution in [1.29, 1.82) is 0 Å². The Kier molecular flexibility index (Phi) is 6.08. The van der Waals surface area contributed by atoms with Crippen molar-refractivity contribution in [3.8, 4) is 0 Å². The normalized spacial score (nSPS) is 18.2. The summed E-state index contributed by atoms with van der Waals surface area (Å²) in [6, 6.07) is 14.7. The van der Waals surface area contributed by atoms with Gasteiger partial charge in [-0.3, -0.25) is 14.4 Å². The van der Waals surface area contributed by atoms with E-state index in [0.29, 0.717) is 22.2 Å². The zero-order valence-electron chi connectivity index (χ0n) is 16.8. The van der Waals surface area contributed by atoms with Gasteiger partial charge in [-0.2, -0.15) is 0 Å². The van der Waals surface area contributed by atoms with E-state index in [4.69, 9.17) is 4.74 Å². The summed E-state index contributed by atoms with van der Waals surface area (Å²) in [7, 11) is 1.32. The standard InChI is InChI=1S/C23H24N2O4S/c1-29-23(28)19-14-25(20-9-5-4-8-18(19)20)22(27)21(26)24-15-10-12-17(13-11-15)30-16-6-2-3-7-16/h4-5,8-13,16,19H,2-3,6-7,14H2,1H3,(H,24,26)/t19-/m0/s1. The lowest BCUT2D eigenvalue weighted by atomic mass is 10.0. The summed E-state index contributed by atoms with van der Waals surface area (Å²) >= 11 is 1.87. The minimum Gasteiger partial charge on any atom is -0.468 e. The number of carbonyl (C=O) groups excluding carboxylic acids is 3. The highest BCUT2D eigenvalue weighted by molar-refractivity contribution is 8.00. The fourth-order valence-corrected chi connectivity index (χ4v) is 5.31. The molecular weight excluding hydrogens is 400 g/mol. The second-order valence-corrected chi connectivity index (χ2v) is 8.93. The van der Waals surface area contributed by atoms with E-state index in [2.05, 4.69) is 5.32 Å². The molecule has 1 heterocycles. The molecule has 0 saturated heterocycles. The van der Waals surface area contributed by atoms with Crippen molar-refractivity contribution in [2.75, 3.05) is 23.9 Å². The lowest BCUT2D eigenvalue weighted by Gasteiger charge is -2.17. The number of ether oxygens (including phenoxy) is 1. The molecule has 2 aliphatic rings. The van der Waals surface area contributed by atoms with Gasteiger partial charge in [-0.15, -0.1) is 11.8 Å². The Hall–Kier alpha value is -2.80. The van der Waals surface area contributed by atoms with Crippen molar-refractivity contribution in [1.82, 2.24) is 0 Å². The second-order valence-electron chi connectivity index (χ2n) is 7.55. The van der Waals surface area contributed by atoms with E-state index in [1.807, 2.05) is 36.0 Å². The first-order valence-corrected chi connectivity index (χ1v) is 11.0. The Bertz CT molecular complexity index is 954. The number of amides is 2. The first kappa shape index (κ1) is 20.5. The Balaban J connectivity index is 1.42. The number of hydrogen-bond acceptors (Lipinski definition) is 5. The predicted octanol–water partition coefficient (Wildman–Crippen LogP) is 3.96. The minimum atomic E-state index is -0.730. The molecule has 7 heteroatoms. The fourth-order valence-electron chi connectivity index (χ4n) is 4.07. The van der Waals surface area contributed by atoms with E-state index in [1.54, 1.807) is 24.3 Å².